The summed E-state index contributed by atoms with van der Waals surface area (Å²) in [6, 6.07) is 6.07. The third-order valence-corrected chi connectivity index (χ3v) is 3.95. The van der Waals surface area contributed by atoms with E-state index >= 15 is 0 Å². The Hall–Kier alpha value is -0.0300. The molecule has 0 unspecified atom stereocenters. The third kappa shape index (κ3) is 4.45. The van der Waals surface area contributed by atoms with Gasteiger partial charge in [-0.05, 0) is 31.0 Å². The normalized spacial score (nSPS) is 12.8. The standard InChI is InChI=1S/C12H17BrO2S/c1-9(14)11-5-4-10(8-12(11)13)16-7-3-6-15-2/h4-5,8-9,14H,3,6-7H2,1-2H3/t9-/m0/s1. The minimum Gasteiger partial charge on any atom is -0.389 e. The smallest absolute Gasteiger partial charge is 0.0772 e. The van der Waals surface area contributed by atoms with Crippen LogP contribution in [0.1, 0.15) is 25.0 Å². The maximum absolute atomic E-state index is 9.49. The molecule has 0 aromatic heterocycles. The summed E-state index contributed by atoms with van der Waals surface area (Å²) in [4.78, 5) is 1.22. The molecule has 1 aromatic rings. The van der Waals surface area contributed by atoms with E-state index in [1.165, 1.54) is 4.90 Å². The van der Waals surface area contributed by atoms with Crippen molar-refractivity contribution in [2.45, 2.75) is 24.3 Å². The molecule has 1 N–H and O–H groups in total. The van der Waals surface area contributed by atoms with Gasteiger partial charge in [-0.25, -0.2) is 0 Å². The van der Waals surface area contributed by atoms with Gasteiger partial charge in [0.1, 0.15) is 0 Å². The average Bonchev–Trinajstić information content (AvgIpc) is 2.24. The first-order valence-electron chi connectivity index (χ1n) is 5.24. The lowest BCUT2D eigenvalue weighted by atomic mass is 10.1. The summed E-state index contributed by atoms with van der Waals surface area (Å²) in [5, 5.41) is 9.49. The summed E-state index contributed by atoms with van der Waals surface area (Å²) >= 11 is 5.28. The minimum atomic E-state index is -0.429. The zero-order valence-electron chi connectivity index (χ0n) is 9.57. The fraction of sp³-hybridized carbons (Fsp3) is 0.500. The average molecular weight is 305 g/mol. The van der Waals surface area contributed by atoms with E-state index in [0.717, 1.165) is 28.8 Å². The Labute approximate surface area is 110 Å². The van der Waals surface area contributed by atoms with Crippen LogP contribution in [-0.2, 0) is 4.74 Å². The van der Waals surface area contributed by atoms with Crippen LogP contribution in [0.15, 0.2) is 27.6 Å². The van der Waals surface area contributed by atoms with Gasteiger partial charge in [-0.1, -0.05) is 22.0 Å². The van der Waals surface area contributed by atoms with Crippen LogP contribution in [0.2, 0.25) is 0 Å². The lowest BCUT2D eigenvalue weighted by molar-refractivity contribution is 0.198. The first-order chi connectivity index (χ1) is 7.65. The zero-order chi connectivity index (χ0) is 12.0. The van der Waals surface area contributed by atoms with E-state index in [0.29, 0.717) is 0 Å². The van der Waals surface area contributed by atoms with Gasteiger partial charge in [0.05, 0.1) is 6.10 Å². The number of halogens is 1. The molecule has 0 radical (unpaired) electrons. The largest absolute Gasteiger partial charge is 0.389 e. The number of rotatable bonds is 6. The van der Waals surface area contributed by atoms with Crippen molar-refractivity contribution in [3.63, 3.8) is 0 Å². The van der Waals surface area contributed by atoms with Crippen LogP contribution in [0, 0.1) is 0 Å². The fourth-order valence-corrected chi connectivity index (χ4v) is 3.05. The number of aliphatic hydroxyl groups is 1. The van der Waals surface area contributed by atoms with Gasteiger partial charge in [-0.2, -0.15) is 0 Å². The molecule has 0 heterocycles. The summed E-state index contributed by atoms with van der Waals surface area (Å²) < 4.78 is 5.97. The lowest BCUT2D eigenvalue weighted by Gasteiger charge is -2.09. The van der Waals surface area contributed by atoms with Crippen LogP contribution in [0.25, 0.3) is 0 Å². The van der Waals surface area contributed by atoms with E-state index in [1.54, 1.807) is 25.8 Å². The van der Waals surface area contributed by atoms with E-state index < -0.39 is 6.10 Å². The molecule has 0 bridgehead atoms. The molecule has 0 aliphatic carbocycles. The molecule has 0 saturated carbocycles. The Balaban J connectivity index is 2.53. The van der Waals surface area contributed by atoms with Gasteiger partial charge in [0.25, 0.3) is 0 Å². The fourth-order valence-electron chi connectivity index (χ4n) is 1.33. The number of benzene rings is 1. The van der Waals surface area contributed by atoms with E-state index in [4.69, 9.17) is 4.74 Å². The highest BCUT2D eigenvalue weighted by atomic mass is 79.9. The van der Waals surface area contributed by atoms with Crippen molar-refractivity contribution in [1.29, 1.82) is 0 Å². The molecule has 0 aliphatic rings. The molecule has 16 heavy (non-hydrogen) atoms. The predicted molar refractivity (Wildman–Crippen MR) is 72.0 cm³/mol. The first kappa shape index (κ1) is 14.0. The number of aliphatic hydroxyl groups excluding tert-OH is 1. The first-order valence-corrected chi connectivity index (χ1v) is 7.02. The summed E-state index contributed by atoms with van der Waals surface area (Å²) in [7, 11) is 1.72. The van der Waals surface area contributed by atoms with Crippen LogP contribution >= 0.6 is 27.7 Å². The van der Waals surface area contributed by atoms with Crippen LogP contribution in [0.4, 0.5) is 0 Å². The van der Waals surface area contributed by atoms with Crippen molar-refractivity contribution in [3.8, 4) is 0 Å². The molecule has 4 heteroatoms. The van der Waals surface area contributed by atoms with Crippen molar-refractivity contribution < 1.29 is 9.84 Å². The number of thioether (sulfide) groups is 1. The molecule has 1 aromatic carbocycles. The summed E-state index contributed by atoms with van der Waals surface area (Å²) in [6.07, 6.45) is 0.624. The molecular weight excluding hydrogens is 288 g/mol. The summed E-state index contributed by atoms with van der Waals surface area (Å²) in [5.74, 6) is 1.05. The monoisotopic (exact) mass is 304 g/mol. The Morgan fingerprint density at radius 3 is 2.81 bits per heavy atom. The van der Waals surface area contributed by atoms with E-state index in [2.05, 4.69) is 22.0 Å². The van der Waals surface area contributed by atoms with Crippen LogP contribution in [0.5, 0.6) is 0 Å². The molecule has 0 amide bonds. The third-order valence-electron chi connectivity index (χ3n) is 2.18. The number of hydrogen-bond donors (Lipinski definition) is 1. The number of ether oxygens (including phenoxy) is 1. The molecule has 2 nitrogen and oxygen atoms in total. The van der Waals surface area contributed by atoms with Crippen LogP contribution < -0.4 is 0 Å². The highest BCUT2D eigenvalue weighted by Gasteiger charge is 2.06. The second-order valence-electron chi connectivity index (χ2n) is 3.55. The Morgan fingerprint density at radius 2 is 2.25 bits per heavy atom. The topological polar surface area (TPSA) is 29.5 Å². The van der Waals surface area contributed by atoms with Gasteiger partial charge in [-0.15, -0.1) is 11.8 Å². The summed E-state index contributed by atoms with van der Waals surface area (Å²) in [6.45, 7) is 2.57. The Kier molecular flexibility index (Phi) is 6.43. The highest BCUT2D eigenvalue weighted by molar-refractivity contribution is 9.10. The highest BCUT2D eigenvalue weighted by Crippen LogP contribution is 2.29. The predicted octanol–water partition coefficient (Wildman–Crippen LogP) is 3.63. The van der Waals surface area contributed by atoms with Crippen molar-refractivity contribution >= 4 is 27.7 Å². The zero-order valence-corrected chi connectivity index (χ0v) is 12.0. The van der Waals surface area contributed by atoms with E-state index in [9.17, 15) is 5.11 Å². The van der Waals surface area contributed by atoms with E-state index in [-0.39, 0.29) is 0 Å². The lowest BCUT2D eigenvalue weighted by Crippen LogP contribution is -1.93. The molecule has 1 atom stereocenters. The van der Waals surface area contributed by atoms with Gasteiger partial charge in [0, 0.05) is 28.8 Å². The second-order valence-corrected chi connectivity index (χ2v) is 5.58. The van der Waals surface area contributed by atoms with Crippen molar-refractivity contribution in [1.82, 2.24) is 0 Å². The molecule has 0 aliphatic heterocycles. The Bertz CT molecular complexity index is 329. The number of methoxy groups -OCH3 is 1. The van der Waals surface area contributed by atoms with Gasteiger partial charge >= 0.3 is 0 Å². The van der Waals surface area contributed by atoms with Gasteiger partial charge in [0.2, 0.25) is 0 Å². The maximum Gasteiger partial charge on any atom is 0.0772 e. The van der Waals surface area contributed by atoms with Crippen molar-refractivity contribution in [3.05, 3.63) is 28.2 Å². The minimum absolute atomic E-state index is 0.429. The maximum atomic E-state index is 9.49. The van der Waals surface area contributed by atoms with Crippen LogP contribution in [0.3, 0.4) is 0 Å². The van der Waals surface area contributed by atoms with Crippen LogP contribution in [-0.4, -0.2) is 24.6 Å². The number of hydrogen-bond acceptors (Lipinski definition) is 3. The second kappa shape index (κ2) is 7.33. The quantitative estimate of drug-likeness (QED) is 0.643. The van der Waals surface area contributed by atoms with Crippen molar-refractivity contribution in [2.75, 3.05) is 19.5 Å². The Morgan fingerprint density at radius 1 is 1.50 bits per heavy atom. The van der Waals surface area contributed by atoms with Gasteiger partial charge in [-0.3, -0.25) is 0 Å². The molecule has 90 valence electrons. The van der Waals surface area contributed by atoms with Crippen molar-refractivity contribution in [2.24, 2.45) is 0 Å². The van der Waals surface area contributed by atoms with Gasteiger partial charge < -0.3 is 9.84 Å². The molecule has 0 fully saturated rings. The molecular formula is C12H17BrO2S. The summed E-state index contributed by atoms with van der Waals surface area (Å²) in [5.41, 5.74) is 0.932. The molecule has 0 spiro atoms. The molecule has 1 rings (SSSR count). The molecule has 0 saturated heterocycles. The van der Waals surface area contributed by atoms with E-state index in [1.807, 2.05) is 12.1 Å². The SMILES string of the molecule is COCCCSc1ccc([C@H](C)O)c(Br)c1. The van der Waals surface area contributed by atoms with Gasteiger partial charge in [0.15, 0.2) is 0 Å².